The van der Waals surface area contributed by atoms with E-state index < -0.39 is 28.7 Å². The number of carbonyl (C=O) groups is 1. The smallest absolute Gasteiger partial charge is 0.344 e. The summed E-state index contributed by atoms with van der Waals surface area (Å²) in [4.78, 5) is 41.9. The summed E-state index contributed by atoms with van der Waals surface area (Å²) < 4.78 is 43.3. The minimum atomic E-state index is -4.78. The first kappa shape index (κ1) is 24.5. The fraction of sp³-hybridized carbons (Fsp3) is 0.240. The minimum Gasteiger partial charge on any atom is -0.344 e. The van der Waals surface area contributed by atoms with Crippen molar-refractivity contribution >= 4 is 27.5 Å². The van der Waals surface area contributed by atoms with Gasteiger partial charge in [-0.1, -0.05) is 42.0 Å². The zero-order valence-electron chi connectivity index (χ0n) is 19.4. The van der Waals surface area contributed by atoms with Crippen molar-refractivity contribution in [2.45, 2.75) is 26.6 Å². The molecule has 0 aliphatic rings. The van der Waals surface area contributed by atoms with E-state index in [1.54, 1.807) is 27.1 Å². The molecule has 0 fully saturated rings. The van der Waals surface area contributed by atoms with Crippen LogP contribution in [0.1, 0.15) is 31.9 Å². The normalized spacial score (nSPS) is 11.7. The molecule has 0 atom stereocenters. The number of carbonyl (C=O) groups excluding carboxylic acids is 1. The second-order valence-corrected chi connectivity index (χ2v) is 9.45. The summed E-state index contributed by atoms with van der Waals surface area (Å²) >= 11 is 0.989. The third-order valence-corrected chi connectivity index (χ3v) is 6.99. The van der Waals surface area contributed by atoms with Gasteiger partial charge in [0.05, 0.1) is 28.1 Å². The molecule has 2 aromatic heterocycles. The number of benzene rings is 2. The molecular formula is C25H22F3N3O3S. The summed E-state index contributed by atoms with van der Waals surface area (Å²) in [5, 5.41) is 0.0458. The molecule has 0 aliphatic heterocycles. The van der Waals surface area contributed by atoms with E-state index in [0.717, 1.165) is 34.6 Å². The third-order valence-electron chi connectivity index (χ3n) is 5.69. The van der Waals surface area contributed by atoms with Crippen molar-refractivity contribution in [3.05, 3.63) is 96.5 Å². The molecule has 4 aromatic rings. The molecule has 4 rings (SSSR count). The number of hydrogen-bond donors (Lipinski definition) is 0. The van der Waals surface area contributed by atoms with Crippen molar-refractivity contribution in [3.8, 4) is 5.69 Å². The number of hydrogen-bond acceptors (Lipinski definition) is 4. The summed E-state index contributed by atoms with van der Waals surface area (Å²) in [7, 11) is 3.12. The number of amides is 1. The van der Waals surface area contributed by atoms with E-state index in [0.29, 0.717) is 10.1 Å². The minimum absolute atomic E-state index is 0.0149. The molecule has 2 heterocycles. The molecule has 1 amide bonds. The Morgan fingerprint density at radius 1 is 1.03 bits per heavy atom. The predicted octanol–water partition coefficient (Wildman–Crippen LogP) is 4.60. The molecule has 0 saturated heterocycles. The lowest BCUT2D eigenvalue weighted by atomic mass is 10.1. The van der Waals surface area contributed by atoms with Crippen molar-refractivity contribution in [2.24, 2.45) is 0 Å². The zero-order chi connectivity index (χ0) is 25.7. The Balaban J connectivity index is 2.14. The van der Waals surface area contributed by atoms with Gasteiger partial charge in [0, 0.05) is 14.1 Å². The predicted molar refractivity (Wildman–Crippen MR) is 130 cm³/mol. The molecule has 0 saturated carbocycles. The second kappa shape index (κ2) is 8.84. The van der Waals surface area contributed by atoms with Crippen LogP contribution in [0.2, 0.25) is 0 Å². The topological polar surface area (TPSA) is 64.3 Å². The highest BCUT2D eigenvalue weighted by molar-refractivity contribution is 7.20. The summed E-state index contributed by atoms with van der Waals surface area (Å²) in [6.07, 6.45) is -4.78. The average molecular weight is 502 g/mol. The molecule has 0 bridgehead atoms. The van der Waals surface area contributed by atoms with Crippen molar-refractivity contribution in [1.29, 1.82) is 0 Å². The lowest BCUT2D eigenvalue weighted by Crippen LogP contribution is -2.39. The summed E-state index contributed by atoms with van der Waals surface area (Å²) in [6.45, 7) is 3.46. The Morgan fingerprint density at radius 2 is 1.71 bits per heavy atom. The van der Waals surface area contributed by atoms with Gasteiger partial charge in [-0.05, 0) is 37.1 Å². The Kier molecular flexibility index (Phi) is 6.18. The van der Waals surface area contributed by atoms with Crippen LogP contribution in [0.4, 0.5) is 13.2 Å². The number of rotatable bonds is 4. The SMILES string of the molecule is Cc1cccc(Cn2c(=O)n(-c3ccccc3C(F)(F)F)c(=O)c3c(C)c(C(=O)N(C)C)sc32)c1. The van der Waals surface area contributed by atoms with Gasteiger partial charge in [-0.25, -0.2) is 9.36 Å². The maximum absolute atomic E-state index is 13.8. The number of aryl methyl sites for hydroxylation is 2. The van der Waals surface area contributed by atoms with E-state index in [9.17, 15) is 27.6 Å². The standard InChI is InChI=1S/C25H22F3N3O3S/c1-14-8-7-9-16(12-14)13-30-23-19(15(2)20(35-23)22(33)29(3)4)21(32)31(24(30)34)18-11-6-5-10-17(18)25(26,27)28/h5-12H,13H2,1-4H3. The quantitative estimate of drug-likeness (QED) is 0.411. The second-order valence-electron chi connectivity index (χ2n) is 8.45. The van der Waals surface area contributed by atoms with Gasteiger partial charge in [0.2, 0.25) is 0 Å². The molecule has 10 heteroatoms. The number of alkyl halides is 3. The van der Waals surface area contributed by atoms with Gasteiger partial charge in [0.25, 0.3) is 11.5 Å². The Bertz CT molecular complexity index is 1580. The Morgan fingerprint density at radius 3 is 2.34 bits per heavy atom. The Labute approximate surface area is 202 Å². The highest BCUT2D eigenvalue weighted by Crippen LogP contribution is 2.34. The van der Waals surface area contributed by atoms with E-state index >= 15 is 0 Å². The van der Waals surface area contributed by atoms with E-state index in [-0.39, 0.29) is 27.5 Å². The largest absolute Gasteiger partial charge is 0.418 e. The van der Waals surface area contributed by atoms with Gasteiger partial charge in [-0.2, -0.15) is 13.2 Å². The first-order valence-electron chi connectivity index (χ1n) is 10.6. The van der Waals surface area contributed by atoms with Gasteiger partial charge in [-0.15, -0.1) is 11.3 Å². The van der Waals surface area contributed by atoms with Gasteiger partial charge in [0.15, 0.2) is 0 Å². The number of aromatic nitrogens is 2. The summed E-state index contributed by atoms with van der Waals surface area (Å²) in [6, 6.07) is 11.8. The number of fused-ring (bicyclic) bond motifs is 1. The number of nitrogens with zero attached hydrogens (tertiary/aromatic N) is 3. The summed E-state index contributed by atoms with van der Waals surface area (Å²) in [5.74, 6) is -0.361. The number of thiophene rings is 1. The van der Waals surface area contributed by atoms with Gasteiger partial charge < -0.3 is 4.90 Å². The lowest BCUT2D eigenvalue weighted by Gasteiger charge is -2.16. The Hall–Kier alpha value is -3.66. The maximum atomic E-state index is 13.8. The molecule has 2 aromatic carbocycles. The molecule has 0 radical (unpaired) electrons. The van der Waals surface area contributed by atoms with Crippen LogP contribution in [0, 0.1) is 13.8 Å². The van der Waals surface area contributed by atoms with E-state index in [4.69, 9.17) is 0 Å². The van der Waals surface area contributed by atoms with Gasteiger partial charge in [0.1, 0.15) is 4.83 Å². The number of halogens is 3. The van der Waals surface area contributed by atoms with Crippen LogP contribution >= 0.6 is 11.3 Å². The highest BCUT2D eigenvalue weighted by Gasteiger charge is 2.35. The fourth-order valence-electron chi connectivity index (χ4n) is 4.01. The molecular weight excluding hydrogens is 479 g/mol. The fourth-order valence-corrected chi connectivity index (χ4v) is 5.32. The van der Waals surface area contributed by atoms with Crippen LogP contribution < -0.4 is 11.2 Å². The number of para-hydroxylation sites is 1. The zero-order valence-corrected chi connectivity index (χ0v) is 20.3. The highest BCUT2D eigenvalue weighted by atomic mass is 32.1. The maximum Gasteiger partial charge on any atom is 0.418 e. The molecule has 0 aliphatic carbocycles. The molecule has 6 nitrogen and oxygen atoms in total. The van der Waals surface area contributed by atoms with E-state index in [1.165, 1.54) is 21.6 Å². The first-order valence-corrected chi connectivity index (χ1v) is 11.5. The third kappa shape index (κ3) is 4.29. The summed E-state index contributed by atoms with van der Waals surface area (Å²) in [5.41, 5.74) is -1.47. The van der Waals surface area contributed by atoms with Crippen LogP contribution in [-0.4, -0.2) is 34.0 Å². The molecule has 0 N–H and O–H groups in total. The van der Waals surface area contributed by atoms with Crippen LogP contribution in [0.25, 0.3) is 15.9 Å². The van der Waals surface area contributed by atoms with Crippen LogP contribution in [0.5, 0.6) is 0 Å². The molecule has 182 valence electrons. The monoisotopic (exact) mass is 501 g/mol. The van der Waals surface area contributed by atoms with Crippen molar-refractivity contribution in [2.75, 3.05) is 14.1 Å². The van der Waals surface area contributed by atoms with Crippen molar-refractivity contribution < 1.29 is 18.0 Å². The van der Waals surface area contributed by atoms with E-state index in [1.807, 2.05) is 25.1 Å². The van der Waals surface area contributed by atoms with Crippen molar-refractivity contribution in [1.82, 2.24) is 14.0 Å². The molecule has 0 unspecified atom stereocenters. The molecule has 0 spiro atoms. The van der Waals surface area contributed by atoms with Crippen LogP contribution in [-0.2, 0) is 12.7 Å². The van der Waals surface area contributed by atoms with Crippen LogP contribution in [0.3, 0.4) is 0 Å². The first-order chi connectivity index (χ1) is 16.4. The van der Waals surface area contributed by atoms with E-state index in [2.05, 4.69) is 0 Å². The average Bonchev–Trinajstić information content (AvgIpc) is 3.13. The van der Waals surface area contributed by atoms with Crippen LogP contribution in [0.15, 0.2) is 58.1 Å². The molecule has 35 heavy (non-hydrogen) atoms. The van der Waals surface area contributed by atoms with Crippen molar-refractivity contribution in [3.63, 3.8) is 0 Å². The van der Waals surface area contributed by atoms with Gasteiger partial charge >= 0.3 is 11.9 Å². The lowest BCUT2D eigenvalue weighted by molar-refractivity contribution is -0.137. The van der Waals surface area contributed by atoms with Gasteiger partial charge in [-0.3, -0.25) is 14.2 Å².